The molecule has 0 amide bonds. The van der Waals surface area contributed by atoms with Crippen LogP contribution in [0, 0.1) is 0 Å². The lowest BCUT2D eigenvalue weighted by Gasteiger charge is -2.18. The highest BCUT2D eigenvalue weighted by molar-refractivity contribution is 5.84. The zero-order chi connectivity index (χ0) is 15.2. The molecule has 0 saturated carbocycles. The first-order valence-electron chi connectivity index (χ1n) is 7.30. The largest absolute Gasteiger partial charge is 0.398 e. The number of rotatable bonds is 1. The summed E-state index contributed by atoms with van der Waals surface area (Å²) in [6.45, 7) is 10.5. The maximum Gasteiger partial charge on any atom is 0.0909 e. The summed E-state index contributed by atoms with van der Waals surface area (Å²) in [4.78, 5) is 9.10. The number of allylic oxidation sites excluding steroid dienone is 1. The van der Waals surface area contributed by atoms with Gasteiger partial charge in [-0.3, -0.25) is 4.98 Å². The molecule has 2 aromatic rings. The topological polar surface area (TPSA) is 51.8 Å². The van der Waals surface area contributed by atoms with Crippen LogP contribution < -0.4 is 5.73 Å². The molecule has 21 heavy (non-hydrogen) atoms. The summed E-state index contributed by atoms with van der Waals surface area (Å²) in [5.41, 5.74) is 13.6. The fraction of sp³-hybridized carbons (Fsp3) is 0.333. The lowest BCUT2D eigenvalue weighted by molar-refractivity contribution is 0.566. The Morgan fingerprint density at radius 1 is 1.10 bits per heavy atom. The molecule has 1 heterocycles. The van der Waals surface area contributed by atoms with Gasteiger partial charge < -0.3 is 5.73 Å². The van der Waals surface area contributed by atoms with Crippen molar-refractivity contribution in [3.05, 3.63) is 47.9 Å². The van der Waals surface area contributed by atoms with E-state index in [0.29, 0.717) is 0 Å². The number of benzene rings is 1. The van der Waals surface area contributed by atoms with Crippen LogP contribution in [0.15, 0.2) is 31.1 Å². The fourth-order valence-corrected chi connectivity index (χ4v) is 2.76. The number of fused-ring (bicyclic) bond motifs is 1. The number of hydrogen-bond donors (Lipinski definition) is 1. The van der Waals surface area contributed by atoms with Crippen molar-refractivity contribution in [2.75, 3.05) is 5.73 Å². The van der Waals surface area contributed by atoms with E-state index in [1.807, 2.05) is 12.3 Å². The Balaban J connectivity index is 2.12. The normalized spacial score (nSPS) is 14.3. The maximum absolute atomic E-state index is 6.38. The van der Waals surface area contributed by atoms with Gasteiger partial charge in [0.05, 0.1) is 17.6 Å². The monoisotopic (exact) mass is 279 g/mol. The van der Waals surface area contributed by atoms with E-state index in [1.165, 1.54) is 16.7 Å². The van der Waals surface area contributed by atoms with Gasteiger partial charge in [-0.05, 0) is 29.5 Å². The third kappa shape index (κ3) is 2.33. The molecule has 0 atom stereocenters. The molecule has 0 aliphatic heterocycles. The van der Waals surface area contributed by atoms with E-state index < -0.39 is 0 Å². The van der Waals surface area contributed by atoms with Crippen molar-refractivity contribution in [1.29, 1.82) is 0 Å². The highest BCUT2D eigenvalue weighted by Crippen LogP contribution is 2.39. The SMILES string of the molecule is C=C1CCc2c1ccc(-c1cncc(C(C)(C)C)n1)c2N. The average Bonchev–Trinajstić information content (AvgIpc) is 2.81. The predicted octanol–water partition coefficient (Wildman–Crippen LogP) is 3.98. The first kappa shape index (κ1) is 13.8. The molecule has 3 heteroatoms. The zero-order valence-corrected chi connectivity index (χ0v) is 12.9. The summed E-state index contributed by atoms with van der Waals surface area (Å²) in [5.74, 6) is 0. The van der Waals surface area contributed by atoms with Crippen LogP contribution in [-0.4, -0.2) is 9.97 Å². The Morgan fingerprint density at radius 2 is 1.81 bits per heavy atom. The number of nitrogen functional groups attached to an aromatic ring is 1. The van der Waals surface area contributed by atoms with E-state index in [2.05, 4.69) is 38.4 Å². The highest BCUT2D eigenvalue weighted by Gasteiger charge is 2.21. The van der Waals surface area contributed by atoms with Crippen molar-refractivity contribution in [2.24, 2.45) is 0 Å². The van der Waals surface area contributed by atoms with Gasteiger partial charge in [0.15, 0.2) is 0 Å². The lowest BCUT2D eigenvalue weighted by atomic mass is 9.92. The fourth-order valence-electron chi connectivity index (χ4n) is 2.76. The van der Waals surface area contributed by atoms with Crippen LogP contribution in [0.3, 0.4) is 0 Å². The van der Waals surface area contributed by atoms with E-state index in [0.717, 1.165) is 35.5 Å². The lowest BCUT2D eigenvalue weighted by Crippen LogP contribution is -2.14. The number of nitrogens with two attached hydrogens (primary N) is 1. The molecular weight excluding hydrogens is 258 g/mol. The van der Waals surface area contributed by atoms with Crippen LogP contribution in [0.1, 0.15) is 44.0 Å². The first-order valence-corrected chi connectivity index (χ1v) is 7.30. The van der Waals surface area contributed by atoms with E-state index in [1.54, 1.807) is 6.20 Å². The molecule has 0 radical (unpaired) electrons. The average molecular weight is 279 g/mol. The second-order valence-electron chi connectivity index (χ2n) is 6.70. The van der Waals surface area contributed by atoms with Gasteiger partial charge in [0, 0.05) is 22.9 Å². The smallest absolute Gasteiger partial charge is 0.0909 e. The van der Waals surface area contributed by atoms with Gasteiger partial charge in [0.2, 0.25) is 0 Å². The Labute approximate surface area is 125 Å². The van der Waals surface area contributed by atoms with E-state index in [9.17, 15) is 0 Å². The van der Waals surface area contributed by atoms with E-state index in [4.69, 9.17) is 10.7 Å². The van der Waals surface area contributed by atoms with Crippen LogP contribution in [0.5, 0.6) is 0 Å². The zero-order valence-electron chi connectivity index (χ0n) is 12.9. The van der Waals surface area contributed by atoms with Crippen molar-refractivity contribution in [3.63, 3.8) is 0 Å². The highest BCUT2D eigenvalue weighted by atomic mass is 14.8. The second-order valence-corrected chi connectivity index (χ2v) is 6.70. The third-order valence-electron chi connectivity index (χ3n) is 4.09. The molecule has 1 aromatic carbocycles. The van der Waals surface area contributed by atoms with Crippen LogP contribution >= 0.6 is 0 Å². The molecule has 1 aromatic heterocycles. The molecule has 1 aliphatic rings. The molecule has 0 fully saturated rings. The van der Waals surface area contributed by atoms with Crippen LogP contribution in [-0.2, 0) is 11.8 Å². The summed E-state index contributed by atoms with van der Waals surface area (Å²) < 4.78 is 0. The van der Waals surface area contributed by atoms with Crippen molar-refractivity contribution in [2.45, 2.75) is 39.0 Å². The molecule has 3 nitrogen and oxygen atoms in total. The summed E-state index contributed by atoms with van der Waals surface area (Å²) >= 11 is 0. The Kier molecular flexibility index (Phi) is 3.08. The second kappa shape index (κ2) is 4.69. The number of nitrogens with zero attached hydrogens (tertiary/aromatic N) is 2. The van der Waals surface area contributed by atoms with Gasteiger partial charge >= 0.3 is 0 Å². The van der Waals surface area contributed by atoms with Gasteiger partial charge in [-0.2, -0.15) is 0 Å². The van der Waals surface area contributed by atoms with Crippen molar-refractivity contribution < 1.29 is 0 Å². The number of anilines is 1. The van der Waals surface area contributed by atoms with Crippen molar-refractivity contribution in [3.8, 4) is 11.3 Å². The summed E-state index contributed by atoms with van der Waals surface area (Å²) in [5, 5.41) is 0. The Hall–Kier alpha value is -2.16. The first-order chi connectivity index (χ1) is 9.88. The number of aromatic nitrogens is 2. The van der Waals surface area contributed by atoms with Crippen molar-refractivity contribution in [1.82, 2.24) is 9.97 Å². The molecule has 108 valence electrons. The summed E-state index contributed by atoms with van der Waals surface area (Å²) in [6, 6.07) is 4.16. The minimum atomic E-state index is -0.0250. The molecule has 1 aliphatic carbocycles. The van der Waals surface area contributed by atoms with Gasteiger partial charge in [0.25, 0.3) is 0 Å². The molecule has 0 spiro atoms. The summed E-state index contributed by atoms with van der Waals surface area (Å²) in [6.07, 6.45) is 5.59. The van der Waals surface area contributed by atoms with E-state index >= 15 is 0 Å². The van der Waals surface area contributed by atoms with Gasteiger partial charge in [-0.1, -0.05) is 39.5 Å². The standard InChI is InChI=1S/C18H21N3/c1-11-5-6-13-12(11)7-8-14(17(13)19)15-9-20-10-16(21-15)18(2,3)4/h7-10H,1,5-6,19H2,2-4H3. The molecular formula is C18H21N3. The Bertz CT molecular complexity index is 724. The molecule has 2 N–H and O–H groups in total. The minimum Gasteiger partial charge on any atom is -0.398 e. The molecule has 0 bridgehead atoms. The minimum absolute atomic E-state index is 0.0250. The van der Waals surface area contributed by atoms with Gasteiger partial charge in [-0.25, -0.2) is 4.98 Å². The summed E-state index contributed by atoms with van der Waals surface area (Å²) in [7, 11) is 0. The quantitative estimate of drug-likeness (QED) is 0.803. The Morgan fingerprint density at radius 3 is 2.52 bits per heavy atom. The van der Waals surface area contributed by atoms with Gasteiger partial charge in [0.1, 0.15) is 0 Å². The molecule has 0 saturated heterocycles. The third-order valence-corrected chi connectivity index (χ3v) is 4.09. The maximum atomic E-state index is 6.38. The van der Waals surface area contributed by atoms with Crippen LogP contribution in [0.25, 0.3) is 16.8 Å². The molecule has 3 rings (SSSR count). The van der Waals surface area contributed by atoms with Crippen LogP contribution in [0.4, 0.5) is 5.69 Å². The molecule has 0 unspecified atom stereocenters. The van der Waals surface area contributed by atoms with Crippen LogP contribution in [0.2, 0.25) is 0 Å². The van der Waals surface area contributed by atoms with Crippen molar-refractivity contribution >= 4 is 11.3 Å². The van der Waals surface area contributed by atoms with Gasteiger partial charge in [-0.15, -0.1) is 0 Å². The van der Waals surface area contributed by atoms with E-state index in [-0.39, 0.29) is 5.41 Å². The predicted molar refractivity (Wildman–Crippen MR) is 87.9 cm³/mol. The number of hydrogen-bond acceptors (Lipinski definition) is 3.